The van der Waals surface area contributed by atoms with E-state index in [1.807, 2.05) is 36.0 Å². The number of nitrogens with zero attached hydrogens (tertiary/aromatic N) is 2. The normalized spacial score (nSPS) is 11.2. The van der Waals surface area contributed by atoms with E-state index < -0.39 is 0 Å². The lowest BCUT2D eigenvalue weighted by atomic mass is 10.1. The number of aryl methyl sites for hydroxylation is 1. The SMILES string of the molecule is Cn1cc(Cl)c2cccc(-c3cc(N)on3)c21. The first-order chi connectivity index (χ1) is 8.16. The van der Waals surface area contributed by atoms with Crippen LogP contribution in [0.1, 0.15) is 0 Å². The quantitative estimate of drug-likeness (QED) is 0.719. The highest BCUT2D eigenvalue weighted by atomic mass is 35.5. The van der Waals surface area contributed by atoms with Gasteiger partial charge in [0.05, 0.1) is 10.5 Å². The van der Waals surface area contributed by atoms with E-state index in [-0.39, 0.29) is 0 Å². The van der Waals surface area contributed by atoms with Gasteiger partial charge in [0.15, 0.2) is 0 Å². The molecule has 3 rings (SSSR count). The van der Waals surface area contributed by atoms with E-state index in [9.17, 15) is 0 Å². The fourth-order valence-corrected chi connectivity index (χ4v) is 2.34. The zero-order chi connectivity index (χ0) is 12.0. The molecule has 0 aliphatic carbocycles. The van der Waals surface area contributed by atoms with Gasteiger partial charge in [0.1, 0.15) is 5.69 Å². The molecule has 0 aliphatic rings. The summed E-state index contributed by atoms with van der Waals surface area (Å²) in [6.45, 7) is 0. The zero-order valence-corrected chi connectivity index (χ0v) is 9.90. The van der Waals surface area contributed by atoms with Crippen LogP contribution in [0.25, 0.3) is 22.2 Å². The standard InChI is InChI=1S/C12H10ClN3O/c1-16-6-9(13)7-3-2-4-8(12(7)16)10-5-11(14)17-15-10/h2-6H,14H2,1H3. The van der Waals surface area contributed by atoms with E-state index in [1.54, 1.807) is 6.07 Å². The summed E-state index contributed by atoms with van der Waals surface area (Å²) in [5.41, 5.74) is 8.23. The van der Waals surface area contributed by atoms with Gasteiger partial charge in [-0.05, 0) is 0 Å². The van der Waals surface area contributed by atoms with Gasteiger partial charge in [0.2, 0.25) is 5.88 Å². The summed E-state index contributed by atoms with van der Waals surface area (Å²) >= 11 is 6.15. The lowest BCUT2D eigenvalue weighted by molar-refractivity contribution is 0.439. The highest BCUT2D eigenvalue weighted by molar-refractivity contribution is 6.36. The number of nitrogens with two attached hydrogens (primary N) is 1. The van der Waals surface area contributed by atoms with Crippen LogP contribution in [-0.4, -0.2) is 9.72 Å². The van der Waals surface area contributed by atoms with Crippen LogP contribution in [0.15, 0.2) is 35.0 Å². The van der Waals surface area contributed by atoms with Crippen molar-refractivity contribution in [1.29, 1.82) is 0 Å². The lowest BCUT2D eigenvalue weighted by Gasteiger charge is -2.02. The number of hydrogen-bond donors (Lipinski definition) is 1. The number of nitrogen functional groups attached to an aromatic ring is 1. The Bertz CT molecular complexity index is 699. The second-order valence-electron chi connectivity index (χ2n) is 3.90. The van der Waals surface area contributed by atoms with Crippen molar-refractivity contribution >= 4 is 28.4 Å². The van der Waals surface area contributed by atoms with E-state index in [1.165, 1.54) is 0 Å². The van der Waals surface area contributed by atoms with Crippen LogP contribution >= 0.6 is 11.6 Å². The maximum atomic E-state index is 6.15. The van der Waals surface area contributed by atoms with Crippen molar-refractivity contribution in [2.75, 3.05) is 5.73 Å². The number of aromatic nitrogens is 2. The van der Waals surface area contributed by atoms with Crippen LogP contribution in [0.2, 0.25) is 5.02 Å². The average molecular weight is 248 g/mol. The number of halogens is 1. The van der Waals surface area contributed by atoms with Crippen LogP contribution in [-0.2, 0) is 7.05 Å². The number of rotatable bonds is 1. The molecule has 5 heteroatoms. The van der Waals surface area contributed by atoms with Crippen molar-refractivity contribution in [3.8, 4) is 11.3 Å². The molecular weight excluding hydrogens is 238 g/mol. The van der Waals surface area contributed by atoms with Gasteiger partial charge < -0.3 is 14.8 Å². The molecule has 0 unspecified atom stereocenters. The molecule has 3 aromatic rings. The average Bonchev–Trinajstić information content (AvgIpc) is 2.85. The fourth-order valence-electron chi connectivity index (χ4n) is 2.04. The minimum absolute atomic E-state index is 0.303. The summed E-state index contributed by atoms with van der Waals surface area (Å²) in [5, 5.41) is 5.65. The molecule has 0 fully saturated rings. The van der Waals surface area contributed by atoms with Gasteiger partial charge >= 0.3 is 0 Å². The lowest BCUT2D eigenvalue weighted by Crippen LogP contribution is -1.88. The minimum Gasteiger partial charge on any atom is -0.368 e. The second kappa shape index (κ2) is 3.53. The number of benzene rings is 1. The van der Waals surface area contributed by atoms with Crippen molar-refractivity contribution in [3.63, 3.8) is 0 Å². The number of para-hydroxylation sites is 1. The molecular formula is C12H10ClN3O. The topological polar surface area (TPSA) is 57.0 Å². The summed E-state index contributed by atoms with van der Waals surface area (Å²) in [5.74, 6) is 0.303. The third kappa shape index (κ3) is 1.49. The predicted octanol–water partition coefficient (Wildman–Crippen LogP) is 3.07. The monoisotopic (exact) mass is 247 g/mol. The van der Waals surface area contributed by atoms with Crippen molar-refractivity contribution < 1.29 is 4.52 Å². The van der Waals surface area contributed by atoms with Gasteiger partial charge in [0.25, 0.3) is 0 Å². The highest BCUT2D eigenvalue weighted by Crippen LogP contribution is 2.33. The van der Waals surface area contributed by atoms with Crippen molar-refractivity contribution in [2.45, 2.75) is 0 Å². The first kappa shape index (κ1) is 10.2. The van der Waals surface area contributed by atoms with E-state index >= 15 is 0 Å². The first-order valence-corrected chi connectivity index (χ1v) is 5.50. The minimum atomic E-state index is 0.303. The van der Waals surface area contributed by atoms with Crippen LogP contribution in [0, 0.1) is 0 Å². The molecule has 0 bridgehead atoms. The van der Waals surface area contributed by atoms with Gasteiger partial charge in [-0.25, -0.2) is 0 Å². The summed E-state index contributed by atoms with van der Waals surface area (Å²) in [6.07, 6.45) is 1.87. The first-order valence-electron chi connectivity index (χ1n) is 5.13. The molecule has 86 valence electrons. The molecule has 0 radical (unpaired) electrons. The molecule has 2 N–H and O–H groups in total. The number of fused-ring (bicyclic) bond motifs is 1. The van der Waals surface area contributed by atoms with Gasteiger partial charge in [-0.2, -0.15) is 0 Å². The predicted molar refractivity (Wildman–Crippen MR) is 67.8 cm³/mol. The van der Waals surface area contributed by atoms with Crippen LogP contribution in [0.3, 0.4) is 0 Å². The Labute approximate surface area is 103 Å². The maximum Gasteiger partial charge on any atom is 0.222 e. The Morgan fingerprint density at radius 2 is 2.24 bits per heavy atom. The molecule has 0 saturated carbocycles. The van der Waals surface area contributed by atoms with Crippen molar-refractivity contribution in [2.24, 2.45) is 7.05 Å². The third-order valence-electron chi connectivity index (χ3n) is 2.76. The van der Waals surface area contributed by atoms with E-state index in [0.717, 1.165) is 21.5 Å². The second-order valence-corrected chi connectivity index (χ2v) is 4.31. The molecule has 0 amide bonds. The van der Waals surface area contributed by atoms with E-state index in [0.29, 0.717) is 11.6 Å². The van der Waals surface area contributed by atoms with Gasteiger partial charge in [0, 0.05) is 30.3 Å². The molecule has 17 heavy (non-hydrogen) atoms. The smallest absolute Gasteiger partial charge is 0.222 e. The summed E-state index contributed by atoms with van der Waals surface area (Å²) in [7, 11) is 1.95. The van der Waals surface area contributed by atoms with Gasteiger partial charge in [-0.3, -0.25) is 0 Å². The molecule has 1 aromatic carbocycles. The third-order valence-corrected chi connectivity index (χ3v) is 3.06. The van der Waals surface area contributed by atoms with Crippen LogP contribution in [0.4, 0.5) is 5.88 Å². The van der Waals surface area contributed by atoms with E-state index in [2.05, 4.69) is 5.16 Å². The Hall–Kier alpha value is -1.94. The van der Waals surface area contributed by atoms with E-state index in [4.69, 9.17) is 21.9 Å². The molecule has 2 aromatic heterocycles. The zero-order valence-electron chi connectivity index (χ0n) is 9.14. The molecule has 0 aliphatic heterocycles. The fraction of sp³-hybridized carbons (Fsp3) is 0.0833. The Kier molecular flexibility index (Phi) is 2.12. The number of hydrogen-bond acceptors (Lipinski definition) is 3. The molecule has 4 nitrogen and oxygen atoms in total. The number of anilines is 1. The van der Waals surface area contributed by atoms with Crippen molar-refractivity contribution in [3.05, 3.63) is 35.5 Å². The Morgan fingerprint density at radius 1 is 1.41 bits per heavy atom. The summed E-state index contributed by atoms with van der Waals surface area (Å²) < 4.78 is 6.87. The highest BCUT2D eigenvalue weighted by Gasteiger charge is 2.13. The molecule has 2 heterocycles. The van der Waals surface area contributed by atoms with Crippen LogP contribution < -0.4 is 5.73 Å². The van der Waals surface area contributed by atoms with Crippen molar-refractivity contribution in [1.82, 2.24) is 9.72 Å². The Balaban J connectivity index is 2.37. The largest absolute Gasteiger partial charge is 0.368 e. The maximum absolute atomic E-state index is 6.15. The molecule has 0 spiro atoms. The molecule has 0 atom stereocenters. The van der Waals surface area contributed by atoms with Gasteiger partial charge in [-0.15, -0.1) is 0 Å². The summed E-state index contributed by atoms with van der Waals surface area (Å²) in [4.78, 5) is 0. The Morgan fingerprint density at radius 3 is 2.94 bits per heavy atom. The molecule has 0 saturated heterocycles. The van der Waals surface area contributed by atoms with Gasteiger partial charge in [-0.1, -0.05) is 35.0 Å². The summed E-state index contributed by atoms with van der Waals surface area (Å²) in [6, 6.07) is 7.59. The van der Waals surface area contributed by atoms with Crippen LogP contribution in [0.5, 0.6) is 0 Å².